The molecule has 0 aromatic rings. The van der Waals surface area contributed by atoms with Crippen molar-refractivity contribution in [2.75, 3.05) is 13.2 Å². The van der Waals surface area contributed by atoms with Gasteiger partial charge in [0.1, 0.15) is 0 Å². The molecule has 1 aliphatic carbocycles. The standard InChI is InChI=1S/C13H22Cl6O3Si/c1-11(2,3)22-23(10-6-4-5-7-10,20-8-12(14,15)16)21-9-13(17,18)19/h10H,4-9H2,1-3H3. The van der Waals surface area contributed by atoms with Crippen molar-refractivity contribution in [2.45, 2.75) is 65.2 Å². The summed E-state index contributed by atoms with van der Waals surface area (Å²) < 4.78 is 15.1. The third-order valence-corrected chi connectivity index (χ3v) is 7.40. The van der Waals surface area contributed by atoms with E-state index in [-0.39, 0.29) is 18.8 Å². The van der Waals surface area contributed by atoms with Gasteiger partial charge in [-0.05, 0) is 33.6 Å². The average molecular weight is 467 g/mol. The number of rotatable bonds is 6. The Kier molecular flexibility index (Phi) is 8.64. The van der Waals surface area contributed by atoms with Gasteiger partial charge in [0.25, 0.3) is 0 Å². The van der Waals surface area contributed by atoms with Gasteiger partial charge in [0, 0.05) is 5.54 Å². The molecular formula is C13H22Cl6O3Si. The molecule has 138 valence electrons. The molecule has 23 heavy (non-hydrogen) atoms. The largest absolute Gasteiger partial charge is 0.504 e. The summed E-state index contributed by atoms with van der Waals surface area (Å²) in [6, 6.07) is 0. The number of halogens is 6. The molecule has 0 aliphatic heterocycles. The van der Waals surface area contributed by atoms with Crippen LogP contribution in [0.1, 0.15) is 46.5 Å². The molecule has 1 aliphatic rings. The van der Waals surface area contributed by atoms with E-state index in [1.165, 1.54) is 0 Å². The predicted octanol–water partition coefficient (Wildman–Crippen LogP) is 6.46. The Morgan fingerprint density at radius 3 is 1.52 bits per heavy atom. The third kappa shape index (κ3) is 9.37. The highest BCUT2D eigenvalue weighted by molar-refractivity contribution is 6.69. The van der Waals surface area contributed by atoms with Crippen molar-refractivity contribution in [2.24, 2.45) is 0 Å². The first-order valence-corrected chi connectivity index (χ1v) is 11.4. The second kappa shape index (κ2) is 8.68. The van der Waals surface area contributed by atoms with Gasteiger partial charge in [-0.2, -0.15) is 0 Å². The van der Waals surface area contributed by atoms with Crippen LogP contribution in [0.4, 0.5) is 0 Å². The zero-order valence-corrected chi connectivity index (χ0v) is 18.8. The van der Waals surface area contributed by atoms with Crippen LogP contribution in [0.15, 0.2) is 0 Å². The van der Waals surface area contributed by atoms with Gasteiger partial charge in [0.05, 0.1) is 18.8 Å². The summed E-state index contributed by atoms with van der Waals surface area (Å²) in [6.45, 7) is 5.47. The molecule has 0 aromatic heterocycles. The number of hydrogen-bond donors (Lipinski definition) is 0. The summed E-state index contributed by atoms with van der Waals surface area (Å²) in [5.74, 6) is 0. The van der Waals surface area contributed by atoms with E-state index in [9.17, 15) is 0 Å². The van der Waals surface area contributed by atoms with Crippen molar-refractivity contribution < 1.29 is 13.3 Å². The molecule has 0 amide bonds. The average Bonchev–Trinajstić information content (AvgIpc) is 2.83. The summed E-state index contributed by atoms with van der Waals surface area (Å²) in [7, 11) is -3.22. The van der Waals surface area contributed by atoms with Crippen LogP contribution in [0.5, 0.6) is 0 Å². The van der Waals surface area contributed by atoms with Gasteiger partial charge >= 0.3 is 8.80 Å². The topological polar surface area (TPSA) is 27.7 Å². The van der Waals surface area contributed by atoms with E-state index in [1.807, 2.05) is 20.8 Å². The Bertz CT molecular complexity index is 353. The molecule has 0 radical (unpaired) electrons. The minimum absolute atomic E-state index is 0.0985. The van der Waals surface area contributed by atoms with Gasteiger partial charge in [-0.25, -0.2) is 0 Å². The molecule has 0 aromatic carbocycles. The molecular weight excluding hydrogens is 445 g/mol. The van der Waals surface area contributed by atoms with Crippen molar-refractivity contribution in [3.8, 4) is 0 Å². The lowest BCUT2D eigenvalue weighted by Gasteiger charge is -2.40. The molecule has 0 unspecified atom stereocenters. The zero-order valence-electron chi connectivity index (χ0n) is 13.3. The molecule has 10 heteroatoms. The van der Waals surface area contributed by atoms with Crippen LogP contribution in [-0.2, 0) is 13.3 Å². The second-order valence-corrected chi connectivity index (χ2v) is 14.4. The van der Waals surface area contributed by atoms with E-state index in [4.69, 9.17) is 82.9 Å². The summed E-state index contributed by atoms with van der Waals surface area (Å²) in [5, 5.41) is 0. The lowest BCUT2D eigenvalue weighted by molar-refractivity contribution is -0.0106. The molecule has 0 spiro atoms. The van der Waals surface area contributed by atoms with Gasteiger partial charge in [-0.3, -0.25) is 0 Å². The van der Waals surface area contributed by atoms with Crippen molar-refractivity contribution in [1.29, 1.82) is 0 Å². The number of hydrogen-bond acceptors (Lipinski definition) is 3. The van der Waals surface area contributed by atoms with Gasteiger partial charge in [0.2, 0.25) is 7.59 Å². The van der Waals surface area contributed by atoms with E-state index in [2.05, 4.69) is 0 Å². The smallest absolute Gasteiger partial charge is 0.369 e. The van der Waals surface area contributed by atoms with Crippen LogP contribution in [0.25, 0.3) is 0 Å². The van der Waals surface area contributed by atoms with E-state index < -0.39 is 22.0 Å². The molecule has 1 fully saturated rings. The van der Waals surface area contributed by atoms with Gasteiger partial charge in [-0.15, -0.1) is 0 Å². The fourth-order valence-corrected chi connectivity index (χ4v) is 7.01. The highest BCUT2D eigenvalue weighted by Gasteiger charge is 2.54. The Balaban J connectivity index is 3.03. The maximum Gasteiger partial charge on any atom is 0.504 e. The lowest BCUT2D eigenvalue weighted by atomic mass is 10.2. The highest BCUT2D eigenvalue weighted by Crippen LogP contribution is 2.44. The first kappa shape index (κ1) is 22.9. The molecule has 0 heterocycles. The van der Waals surface area contributed by atoms with E-state index >= 15 is 0 Å². The summed E-state index contributed by atoms with van der Waals surface area (Å²) in [6.07, 6.45) is 3.98. The lowest BCUT2D eigenvalue weighted by Crippen LogP contribution is -2.55. The van der Waals surface area contributed by atoms with Gasteiger partial charge < -0.3 is 13.3 Å². The first-order valence-electron chi connectivity index (χ1n) is 7.34. The van der Waals surface area contributed by atoms with E-state index in [0.29, 0.717) is 0 Å². The summed E-state index contributed by atoms with van der Waals surface area (Å²) in [4.78, 5) is 0. The number of alkyl halides is 6. The van der Waals surface area contributed by atoms with Gasteiger partial charge in [-0.1, -0.05) is 82.4 Å². The van der Waals surface area contributed by atoms with Crippen LogP contribution in [-0.4, -0.2) is 35.2 Å². The van der Waals surface area contributed by atoms with Crippen molar-refractivity contribution >= 4 is 78.4 Å². The van der Waals surface area contributed by atoms with Crippen LogP contribution >= 0.6 is 69.6 Å². The van der Waals surface area contributed by atoms with Crippen LogP contribution in [0.3, 0.4) is 0 Å². The van der Waals surface area contributed by atoms with Crippen LogP contribution < -0.4 is 0 Å². The fourth-order valence-electron chi connectivity index (χ4n) is 2.49. The Hall–Kier alpha value is 1.84. The van der Waals surface area contributed by atoms with Gasteiger partial charge in [0.15, 0.2) is 0 Å². The SMILES string of the molecule is CC(C)(C)O[Si](OCC(Cl)(Cl)Cl)(OCC(Cl)(Cl)Cl)C1CCCC1. The molecule has 1 saturated carbocycles. The molecule has 3 nitrogen and oxygen atoms in total. The highest BCUT2D eigenvalue weighted by atomic mass is 35.6. The molecule has 0 N–H and O–H groups in total. The second-order valence-electron chi connectivity index (χ2n) is 6.61. The minimum atomic E-state index is -3.22. The Labute approximate surface area is 169 Å². The molecule has 1 rings (SSSR count). The summed E-state index contributed by atoms with van der Waals surface area (Å²) in [5.41, 5.74) is -0.405. The third-order valence-electron chi connectivity index (χ3n) is 3.18. The fraction of sp³-hybridized carbons (Fsp3) is 1.00. The molecule has 0 saturated heterocycles. The molecule has 0 bridgehead atoms. The van der Waals surface area contributed by atoms with Crippen LogP contribution in [0.2, 0.25) is 5.54 Å². The minimum Gasteiger partial charge on any atom is -0.369 e. The molecule has 0 atom stereocenters. The first-order chi connectivity index (χ1) is 10.2. The zero-order chi connectivity index (χ0) is 17.9. The van der Waals surface area contributed by atoms with Crippen molar-refractivity contribution in [1.82, 2.24) is 0 Å². The maximum absolute atomic E-state index is 6.24. The van der Waals surface area contributed by atoms with E-state index in [1.54, 1.807) is 0 Å². The quantitative estimate of drug-likeness (QED) is 0.332. The summed E-state index contributed by atoms with van der Waals surface area (Å²) >= 11 is 35.1. The Morgan fingerprint density at radius 2 is 1.22 bits per heavy atom. The Morgan fingerprint density at radius 1 is 0.826 bits per heavy atom. The van der Waals surface area contributed by atoms with Crippen molar-refractivity contribution in [3.63, 3.8) is 0 Å². The van der Waals surface area contributed by atoms with Crippen molar-refractivity contribution in [3.05, 3.63) is 0 Å². The van der Waals surface area contributed by atoms with E-state index in [0.717, 1.165) is 25.7 Å². The normalized spacial score (nSPS) is 18.7. The predicted molar refractivity (Wildman–Crippen MR) is 101 cm³/mol. The maximum atomic E-state index is 6.24. The monoisotopic (exact) mass is 464 g/mol. The van der Waals surface area contributed by atoms with Crippen LogP contribution in [0, 0.1) is 0 Å².